The van der Waals surface area contributed by atoms with Crippen molar-refractivity contribution in [3.63, 3.8) is 0 Å². The van der Waals surface area contributed by atoms with Gasteiger partial charge in [-0.25, -0.2) is 23.1 Å². The standard InChI is InChI=1S/C20H12F3N5O/c21-12-6-7-13(18(23)17(12)22)27-16-9-15(25-10-26-16)20(29)28-14-5-1-3-11-4-2-8-24-19(11)14/h1-10H,(H,28,29)(H,25,26,27). The molecule has 2 aromatic carbocycles. The summed E-state index contributed by atoms with van der Waals surface area (Å²) >= 11 is 0. The molecule has 0 spiro atoms. The first-order valence-corrected chi connectivity index (χ1v) is 8.40. The largest absolute Gasteiger partial charge is 0.338 e. The molecule has 2 aromatic heterocycles. The summed E-state index contributed by atoms with van der Waals surface area (Å²) in [4.78, 5) is 24.6. The third-order valence-corrected chi connectivity index (χ3v) is 4.08. The molecule has 0 aliphatic rings. The zero-order chi connectivity index (χ0) is 20.4. The zero-order valence-corrected chi connectivity index (χ0v) is 14.7. The van der Waals surface area contributed by atoms with Crippen LogP contribution in [0.4, 0.5) is 30.4 Å². The fourth-order valence-corrected chi connectivity index (χ4v) is 2.70. The second-order valence-corrected chi connectivity index (χ2v) is 5.97. The Morgan fingerprint density at radius 3 is 2.55 bits per heavy atom. The molecule has 1 amide bonds. The number of anilines is 3. The van der Waals surface area contributed by atoms with Crippen LogP contribution in [0.25, 0.3) is 10.9 Å². The molecule has 0 saturated heterocycles. The summed E-state index contributed by atoms with van der Waals surface area (Å²) in [5.41, 5.74) is 0.762. The van der Waals surface area contributed by atoms with E-state index in [2.05, 4.69) is 25.6 Å². The molecule has 0 aliphatic carbocycles. The first-order chi connectivity index (χ1) is 14.0. The third-order valence-electron chi connectivity index (χ3n) is 4.08. The number of pyridine rings is 1. The van der Waals surface area contributed by atoms with E-state index in [1.807, 2.05) is 12.1 Å². The minimum Gasteiger partial charge on any atom is -0.338 e. The number of nitrogens with one attached hydrogen (secondary N) is 2. The van der Waals surface area contributed by atoms with Crippen molar-refractivity contribution in [3.05, 3.63) is 84.2 Å². The number of carbonyl (C=O) groups is 1. The van der Waals surface area contributed by atoms with E-state index in [1.165, 1.54) is 6.07 Å². The van der Waals surface area contributed by atoms with E-state index in [1.54, 1.807) is 24.4 Å². The molecule has 0 saturated carbocycles. The molecular weight excluding hydrogens is 383 g/mol. The molecule has 4 aromatic rings. The number of fused-ring (bicyclic) bond motifs is 1. The minimum absolute atomic E-state index is 0.0153. The highest BCUT2D eigenvalue weighted by molar-refractivity contribution is 6.07. The van der Waals surface area contributed by atoms with Gasteiger partial charge in [-0.1, -0.05) is 18.2 Å². The van der Waals surface area contributed by atoms with Gasteiger partial charge < -0.3 is 10.6 Å². The summed E-state index contributed by atoms with van der Waals surface area (Å²) in [6.45, 7) is 0. The van der Waals surface area contributed by atoms with Gasteiger partial charge in [-0.05, 0) is 24.3 Å². The van der Waals surface area contributed by atoms with Gasteiger partial charge in [0.2, 0.25) is 0 Å². The van der Waals surface area contributed by atoms with E-state index in [9.17, 15) is 18.0 Å². The number of hydrogen-bond acceptors (Lipinski definition) is 5. The number of aromatic nitrogens is 3. The number of nitrogens with zero attached hydrogens (tertiary/aromatic N) is 3. The van der Waals surface area contributed by atoms with Crippen molar-refractivity contribution in [2.45, 2.75) is 0 Å². The lowest BCUT2D eigenvalue weighted by molar-refractivity contribution is 0.102. The van der Waals surface area contributed by atoms with Gasteiger partial charge in [0.05, 0.1) is 16.9 Å². The topological polar surface area (TPSA) is 79.8 Å². The smallest absolute Gasteiger partial charge is 0.274 e. The molecule has 0 fully saturated rings. The highest BCUT2D eigenvalue weighted by atomic mass is 19.2. The Hall–Kier alpha value is -4.01. The van der Waals surface area contributed by atoms with Gasteiger partial charge in [0.15, 0.2) is 17.5 Å². The van der Waals surface area contributed by atoms with Gasteiger partial charge in [0.1, 0.15) is 17.8 Å². The SMILES string of the molecule is O=C(Nc1cccc2cccnc12)c1cc(Nc2ccc(F)c(F)c2F)ncn1. The van der Waals surface area contributed by atoms with Crippen molar-refractivity contribution in [2.24, 2.45) is 0 Å². The lowest BCUT2D eigenvalue weighted by Crippen LogP contribution is -2.15. The number of benzene rings is 2. The summed E-state index contributed by atoms with van der Waals surface area (Å²) in [5, 5.41) is 6.07. The van der Waals surface area contributed by atoms with Gasteiger partial charge in [0, 0.05) is 17.6 Å². The molecule has 29 heavy (non-hydrogen) atoms. The average Bonchev–Trinajstić information content (AvgIpc) is 2.75. The van der Waals surface area contributed by atoms with Crippen molar-refractivity contribution in [3.8, 4) is 0 Å². The fourth-order valence-electron chi connectivity index (χ4n) is 2.70. The van der Waals surface area contributed by atoms with Crippen molar-refractivity contribution >= 4 is 34.0 Å². The number of hydrogen-bond donors (Lipinski definition) is 2. The minimum atomic E-state index is -1.61. The van der Waals surface area contributed by atoms with Crippen LogP contribution in [-0.2, 0) is 0 Å². The number of rotatable bonds is 4. The predicted octanol–water partition coefficient (Wildman–Crippen LogP) is 4.44. The van der Waals surface area contributed by atoms with E-state index in [0.717, 1.165) is 23.8 Å². The molecule has 0 radical (unpaired) electrons. The molecule has 6 nitrogen and oxygen atoms in total. The monoisotopic (exact) mass is 395 g/mol. The predicted molar refractivity (Wildman–Crippen MR) is 101 cm³/mol. The molecule has 9 heteroatoms. The van der Waals surface area contributed by atoms with Gasteiger partial charge in [-0.2, -0.15) is 0 Å². The van der Waals surface area contributed by atoms with Crippen LogP contribution >= 0.6 is 0 Å². The van der Waals surface area contributed by atoms with Crippen molar-refractivity contribution in [2.75, 3.05) is 10.6 Å². The Morgan fingerprint density at radius 1 is 0.862 bits per heavy atom. The second-order valence-electron chi connectivity index (χ2n) is 5.97. The number of halogens is 3. The molecule has 2 N–H and O–H groups in total. The second kappa shape index (κ2) is 7.55. The molecule has 0 bridgehead atoms. The van der Waals surface area contributed by atoms with Gasteiger partial charge >= 0.3 is 0 Å². The Balaban J connectivity index is 1.58. The van der Waals surface area contributed by atoms with E-state index < -0.39 is 23.4 Å². The maximum Gasteiger partial charge on any atom is 0.274 e. The lowest BCUT2D eigenvalue weighted by Gasteiger charge is -2.10. The Bertz CT molecular complexity index is 1230. The molecule has 0 unspecified atom stereocenters. The highest BCUT2D eigenvalue weighted by Gasteiger charge is 2.15. The van der Waals surface area contributed by atoms with Crippen LogP contribution in [0.15, 0.2) is 61.1 Å². The number of carbonyl (C=O) groups excluding carboxylic acids is 1. The first kappa shape index (κ1) is 18.4. The average molecular weight is 395 g/mol. The van der Waals surface area contributed by atoms with Crippen LogP contribution in [0, 0.1) is 17.5 Å². The van der Waals surface area contributed by atoms with Crippen LogP contribution in [0.1, 0.15) is 10.5 Å². The van der Waals surface area contributed by atoms with E-state index in [-0.39, 0.29) is 17.2 Å². The summed E-state index contributed by atoms with van der Waals surface area (Å²) in [7, 11) is 0. The van der Waals surface area contributed by atoms with Gasteiger partial charge in [-0.15, -0.1) is 0 Å². The van der Waals surface area contributed by atoms with Crippen LogP contribution in [-0.4, -0.2) is 20.9 Å². The van der Waals surface area contributed by atoms with E-state index in [0.29, 0.717) is 11.2 Å². The Labute approximate surface area is 162 Å². The normalized spacial score (nSPS) is 10.7. The van der Waals surface area contributed by atoms with Crippen LogP contribution in [0.3, 0.4) is 0 Å². The summed E-state index contributed by atoms with van der Waals surface area (Å²) in [6.07, 6.45) is 2.71. The van der Waals surface area contributed by atoms with Crippen LogP contribution in [0.5, 0.6) is 0 Å². The number of amides is 1. The van der Waals surface area contributed by atoms with E-state index in [4.69, 9.17) is 0 Å². The van der Waals surface area contributed by atoms with Crippen LogP contribution < -0.4 is 10.6 Å². The summed E-state index contributed by atoms with van der Waals surface area (Å²) in [6, 6.07) is 12.0. The van der Waals surface area contributed by atoms with Crippen molar-refractivity contribution < 1.29 is 18.0 Å². The maximum absolute atomic E-state index is 13.8. The Morgan fingerprint density at radius 2 is 1.69 bits per heavy atom. The lowest BCUT2D eigenvalue weighted by atomic mass is 10.2. The fraction of sp³-hybridized carbons (Fsp3) is 0. The third kappa shape index (κ3) is 3.70. The first-order valence-electron chi connectivity index (χ1n) is 8.40. The van der Waals surface area contributed by atoms with Crippen LogP contribution in [0.2, 0.25) is 0 Å². The van der Waals surface area contributed by atoms with Gasteiger partial charge in [0.25, 0.3) is 5.91 Å². The van der Waals surface area contributed by atoms with Gasteiger partial charge in [-0.3, -0.25) is 9.78 Å². The molecule has 144 valence electrons. The molecular formula is C20H12F3N5O. The van der Waals surface area contributed by atoms with E-state index >= 15 is 0 Å². The maximum atomic E-state index is 13.8. The quantitative estimate of drug-likeness (QED) is 0.500. The van der Waals surface area contributed by atoms with Crippen molar-refractivity contribution in [1.82, 2.24) is 15.0 Å². The van der Waals surface area contributed by atoms with Crippen molar-refractivity contribution in [1.29, 1.82) is 0 Å². The molecule has 0 aliphatic heterocycles. The highest BCUT2D eigenvalue weighted by Crippen LogP contribution is 2.24. The summed E-state index contributed by atoms with van der Waals surface area (Å²) < 4.78 is 40.3. The molecule has 4 rings (SSSR count). The molecule has 0 atom stereocenters. The Kier molecular flexibility index (Phi) is 4.78. The summed E-state index contributed by atoms with van der Waals surface area (Å²) in [5.74, 6) is -4.81. The molecule has 2 heterocycles. The number of para-hydroxylation sites is 1. The zero-order valence-electron chi connectivity index (χ0n) is 14.7.